The smallest absolute Gasteiger partial charge is 0.870 e. The van der Waals surface area contributed by atoms with Crippen molar-refractivity contribution in [3.8, 4) is 0 Å². The molecule has 0 heterocycles. The van der Waals surface area contributed by atoms with Crippen molar-refractivity contribution < 1.29 is 75.7 Å². The van der Waals surface area contributed by atoms with E-state index in [9.17, 15) is 4.79 Å². The van der Waals surface area contributed by atoms with Crippen molar-refractivity contribution in [1.82, 2.24) is 48.2 Å². The van der Waals surface area contributed by atoms with Crippen molar-refractivity contribution in [1.29, 1.82) is 0 Å². The number of hydrogen-bond acceptors (Lipinski definition) is 22. The van der Waals surface area contributed by atoms with Crippen molar-refractivity contribution in [2.24, 2.45) is 57.5 Å². The minimum absolute atomic E-state index is 0. The summed E-state index contributed by atoms with van der Waals surface area (Å²) in [4.78, 5) is 11.8. The number of rotatable bonds is 44. The van der Waals surface area contributed by atoms with Gasteiger partial charge >= 0.3 is 50.4 Å². The standard InChI is InChI=1S/2C31H39N6PS2.C12H24N4OS.C10H21NS.C4H7NO2.C3H8N2S.4ClH.2Cu.H2O/c2*1-25(34-36-30(39)32-3)26(2)35-37-31(40)33-23-15-4-5-16-24-38(27-17-9-6-10-18-27,28-19-11-7-12-20-28)29-21-13-8-14-22-29;1-4-5-6-7-8-9-13-12(18)15-14-10(2)11(3)16-17;1-2-3-4-5-6-7-8-10(12)9-11;1-3(5-7)4(2)6;1-5-3(6)2-4;;;;;;;/h2*6-14,17-22H,4-5,15-16,23-24H2,1-3H3,(H3-,32,33,34,35,36,37,39,40);17H,4-9H2,1-3H3,(H2,13,15,18);2-9,11H2,1H3;7H,1-2H3;2,4H2,1H3,(H,5,6);4*1H;;;1H2/q;;;;;;;;;;2*+2;/p-5/b;;14-10?,16-11+;;5-3-;;;;;;;;. The molecule has 0 unspecified atom stereocenters. The van der Waals surface area contributed by atoms with E-state index >= 15 is 0 Å². The summed E-state index contributed by atoms with van der Waals surface area (Å²) >= 11 is 36.2. The number of unbranched alkanes of at least 4 members (excludes halogenated alkanes) is 15. The molecule has 0 aliphatic rings. The van der Waals surface area contributed by atoms with Gasteiger partial charge in [0.25, 0.3) is 0 Å². The molecule has 39 heteroatoms. The van der Waals surface area contributed by atoms with E-state index in [1.165, 1.54) is 123 Å². The van der Waals surface area contributed by atoms with Gasteiger partial charge < -0.3 is 109 Å². The Morgan fingerprint density at radius 3 is 0.938 bits per heavy atom. The van der Waals surface area contributed by atoms with Crippen LogP contribution in [0, 0.1) is 0 Å². The molecular formula is C91H139Cl4Cu2N20O4P2S7-. The van der Waals surface area contributed by atoms with Crippen LogP contribution in [-0.2, 0) is 60.3 Å². The van der Waals surface area contributed by atoms with Gasteiger partial charge in [0, 0.05) is 65.7 Å². The van der Waals surface area contributed by atoms with Crippen LogP contribution in [0.2, 0.25) is 0 Å². The first-order valence-corrected chi connectivity index (χ1v) is 51.8. The van der Waals surface area contributed by atoms with Crippen LogP contribution in [0.15, 0.2) is 228 Å². The fourth-order valence-corrected chi connectivity index (χ4v) is 20.9. The predicted molar refractivity (Wildman–Crippen MR) is 575 cm³/mol. The Kier molecular flexibility index (Phi) is 88.2. The quantitative estimate of drug-likeness (QED) is 0.00194. The number of nitrogens with one attached hydrogen (secondary N) is 9. The molecular weight excluding hydrogens is 1990 g/mol. The van der Waals surface area contributed by atoms with Gasteiger partial charge in [-0.2, -0.15) is 35.7 Å². The van der Waals surface area contributed by atoms with Crippen LogP contribution in [0.25, 0.3) is 0 Å². The van der Waals surface area contributed by atoms with Gasteiger partial charge in [-0.05, 0) is 226 Å². The average Bonchev–Trinajstić information content (AvgIpc) is 0.764. The third-order valence-corrected chi connectivity index (χ3v) is 30.1. The summed E-state index contributed by atoms with van der Waals surface area (Å²) in [5.41, 5.74) is 22.7. The molecule has 0 saturated heterocycles. The first-order chi connectivity index (χ1) is 60.8. The molecule has 0 aliphatic heterocycles. The normalized spacial score (nSPS) is 11.6. The number of hydrogen-bond donors (Lipinski definition) is 13. The second-order valence-corrected chi connectivity index (χ2v) is 40.2. The van der Waals surface area contributed by atoms with E-state index in [0.717, 1.165) is 107 Å². The van der Waals surface area contributed by atoms with E-state index in [4.69, 9.17) is 96.0 Å². The van der Waals surface area contributed by atoms with E-state index in [0.29, 0.717) is 72.3 Å². The number of amidine groups is 2. The number of halogens is 4. The Morgan fingerprint density at radius 1 is 0.385 bits per heavy atom. The van der Waals surface area contributed by atoms with Crippen LogP contribution in [0.1, 0.15) is 198 Å². The zero-order chi connectivity index (χ0) is 93.9. The summed E-state index contributed by atoms with van der Waals surface area (Å²) in [5.74, 6) is -0.206. The zero-order valence-corrected chi connectivity index (χ0v) is 89.6. The van der Waals surface area contributed by atoms with Crippen LogP contribution in [0.3, 0.4) is 0 Å². The topological polar surface area (TPSA) is 359 Å². The Bertz CT molecular complexity index is 4090. The third-order valence-electron chi connectivity index (χ3n) is 19.0. The summed E-state index contributed by atoms with van der Waals surface area (Å²) in [6, 6.07) is 66.5. The summed E-state index contributed by atoms with van der Waals surface area (Å²) in [5, 5.41) is 79.4. The number of ketones is 1. The molecule has 6 rings (SSSR count). The summed E-state index contributed by atoms with van der Waals surface area (Å²) in [6.07, 6.45) is 26.5. The molecule has 24 nitrogen and oxygen atoms in total. The third kappa shape index (κ3) is 60.8. The van der Waals surface area contributed by atoms with Gasteiger partial charge in [0.1, 0.15) is 52.1 Å². The average molecular weight is 2130 g/mol. The van der Waals surface area contributed by atoms with Crippen LogP contribution in [0.4, 0.5) is 0 Å². The van der Waals surface area contributed by atoms with Crippen molar-refractivity contribution in [3.63, 3.8) is 0 Å². The molecule has 0 atom stereocenters. The van der Waals surface area contributed by atoms with Gasteiger partial charge in [-0.1, -0.05) is 228 Å². The van der Waals surface area contributed by atoms with Crippen LogP contribution in [0.5, 0.6) is 0 Å². The molecule has 0 fully saturated rings. The summed E-state index contributed by atoms with van der Waals surface area (Å²) in [6.45, 7) is 21.5. The van der Waals surface area contributed by atoms with Crippen LogP contribution < -0.4 is 116 Å². The second kappa shape index (κ2) is 86.7. The molecule has 0 aliphatic carbocycles. The van der Waals surface area contributed by atoms with E-state index in [1.807, 2.05) is 20.8 Å². The number of likely N-dealkylation sites (N-methyl/N-ethyl adjacent to an activating group) is 1. The Morgan fingerprint density at radius 2 is 0.669 bits per heavy atom. The number of thiocarbonyl (C=S) groups is 5. The van der Waals surface area contributed by atoms with E-state index in [-0.39, 0.29) is 58.9 Å². The monoisotopic (exact) mass is 2130 g/mol. The van der Waals surface area contributed by atoms with Crippen molar-refractivity contribution in [2.75, 3.05) is 66.2 Å². The number of Topliss-reactive ketones (excluding diaryl/α,β-unsaturated/α-hetero) is 1. The summed E-state index contributed by atoms with van der Waals surface area (Å²) in [7, 11) is 11.0. The van der Waals surface area contributed by atoms with Gasteiger partial charge in [0.2, 0.25) is 0 Å². The minimum atomic E-state index is -1.76. The van der Waals surface area contributed by atoms with E-state index in [1.54, 1.807) is 41.9 Å². The van der Waals surface area contributed by atoms with Crippen molar-refractivity contribution in [3.05, 3.63) is 182 Å². The Balaban J connectivity index is -0.000000535. The zero-order valence-electron chi connectivity index (χ0n) is 77.2. The van der Waals surface area contributed by atoms with Gasteiger partial charge in [-0.3, -0.25) is 21.1 Å². The van der Waals surface area contributed by atoms with Gasteiger partial charge in [-0.25, -0.2) is 0 Å². The van der Waals surface area contributed by atoms with Crippen LogP contribution >= 0.6 is 95.8 Å². The number of carbonyl (C=O) groups is 1. The number of nitrogens with two attached hydrogens (primary N) is 2. The molecule has 16 N–H and O–H groups in total. The minimum Gasteiger partial charge on any atom is -0.870 e. The SMILES string of the molecule is CC(=O)/C(C)=N\O.CCCCCCCCC(=S)CN.CCCCCCCNC(=S)NN=C(C)/C(C)=N/O.CNC(=S)CN.CNC(=S)N/N=C(\C)C(C)=NNC(=S)NCCCCCC[P+](c1ccccc1)(c1ccccc1)c1ccccc1.CNC([S-])=NN=C(C)C(C)=NN=C([S-])NCCCCCC[P+](c1ccccc1)(c1ccccc1)c1ccccc1.[Cl-].[Cl-].[Cl][Cu][Cl].[Cu+2].[OH-]. The van der Waals surface area contributed by atoms with Crippen molar-refractivity contribution in [2.45, 2.75) is 198 Å². The van der Waals surface area contributed by atoms with E-state index < -0.39 is 14.5 Å². The number of carbonyl (C=O) groups excluding carboxylic acids is 1. The summed E-state index contributed by atoms with van der Waals surface area (Å²) < 4.78 is 0. The maximum atomic E-state index is 10.1. The largest absolute Gasteiger partial charge is 2.00 e. The predicted octanol–water partition coefficient (Wildman–Crippen LogP) is 10.6. The fraction of sp³-hybridized carbons (Fsp3) is 0.440. The maximum Gasteiger partial charge on any atom is 2.00 e. The molecule has 6 aromatic carbocycles. The van der Waals surface area contributed by atoms with Crippen molar-refractivity contribution >= 4 is 234 Å². The molecule has 0 aromatic heterocycles. The number of benzene rings is 6. The van der Waals surface area contributed by atoms with Gasteiger partial charge in [0.15, 0.2) is 21.1 Å². The first kappa shape index (κ1) is 132. The number of oxime groups is 2. The Hall–Kier alpha value is -6.35. The van der Waals surface area contributed by atoms with Gasteiger partial charge in [-0.15, -0.1) is 0 Å². The molecule has 0 bridgehead atoms. The van der Waals surface area contributed by atoms with Gasteiger partial charge in [0.05, 0.1) is 51.6 Å². The second-order valence-electron chi connectivity index (χ2n) is 28.3. The maximum absolute atomic E-state index is 10.1. The molecule has 6 aromatic rings. The van der Waals surface area contributed by atoms with Crippen LogP contribution in [-0.4, -0.2) is 163 Å². The number of nitrogens with zero attached hydrogens (tertiary/aromatic N) is 9. The molecule has 1 radical (unpaired) electrons. The first-order valence-electron chi connectivity index (χ1n) is 42.4. The van der Waals surface area contributed by atoms with E-state index in [2.05, 4.69) is 322 Å². The molecule has 0 amide bonds. The molecule has 730 valence electrons. The fourth-order valence-electron chi connectivity index (χ4n) is 11.4. The molecule has 130 heavy (non-hydrogen) atoms. The molecule has 0 spiro atoms. The molecule has 0 saturated carbocycles. The number of hydrazone groups is 3. The Labute approximate surface area is 853 Å².